The zero-order chi connectivity index (χ0) is 16.4. The highest BCUT2D eigenvalue weighted by Crippen LogP contribution is 2.30. The first kappa shape index (κ1) is 15.3. The van der Waals surface area contributed by atoms with Crippen molar-refractivity contribution in [2.75, 3.05) is 13.1 Å². The van der Waals surface area contributed by atoms with Crippen molar-refractivity contribution < 1.29 is 4.79 Å². The second-order valence-corrected chi connectivity index (χ2v) is 7.33. The molecule has 4 heteroatoms. The standard InChI is InChI=1S/C20H20N2OS/c23-19(22-12-4-1-5-13-22)14-15-8-10-16(11-9-15)20-21-17-6-2-3-7-18(17)24-20/h2-3,6-11H,1,4-5,12-14H2. The minimum atomic E-state index is 0.252. The van der Waals surface area contributed by atoms with Crippen LogP contribution in [0.2, 0.25) is 0 Å². The molecule has 2 aromatic carbocycles. The number of fused-ring (bicyclic) bond motifs is 1. The van der Waals surface area contributed by atoms with Gasteiger partial charge in [0.05, 0.1) is 16.6 Å². The lowest BCUT2D eigenvalue weighted by atomic mass is 10.1. The summed E-state index contributed by atoms with van der Waals surface area (Å²) in [4.78, 5) is 19.1. The first-order valence-corrected chi connectivity index (χ1v) is 9.34. The van der Waals surface area contributed by atoms with Gasteiger partial charge in [0.25, 0.3) is 0 Å². The van der Waals surface area contributed by atoms with Gasteiger partial charge in [0.15, 0.2) is 0 Å². The van der Waals surface area contributed by atoms with E-state index in [0.29, 0.717) is 6.42 Å². The molecule has 2 heterocycles. The molecule has 4 rings (SSSR count). The Morgan fingerprint density at radius 2 is 1.75 bits per heavy atom. The van der Waals surface area contributed by atoms with E-state index >= 15 is 0 Å². The molecule has 1 aromatic heterocycles. The maximum Gasteiger partial charge on any atom is 0.226 e. The molecule has 1 amide bonds. The number of para-hydroxylation sites is 1. The molecule has 0 aliphatic carbocycles. The number of thiazole rings is 1. The molecule has 1 aliphatic rings. The van der Waals surface area contributed by atoms with E-state index in [1.54, 1.807) is 11.3 Å². The van der Waals surface area contributed by atoms with Gasteiger partial charge >= 0.3 is 0 Å². The predicted octanol–water partition coefficient (Wildman–Crippen LogP) is 4.52. The molecule has 0 bridgehead atoms. The summed E-state index contributed by atoms with van der Waals surface area (Å²) in [5, 5.41) is 1.03. The molecule has 0 saturated carbocycles. The molecule has 1 fully saturated rings. The number of benzene rings is 2. The summed E-state index contributed by atoms with van der Waals surface area (Å²) in [6.45, 7) is 1.84. The third kappa shape index (κ3) is 3.20. The van der Waals surface area contributed by atoms with Gasteiger partial charge in [0, 0.05) is 18.7 Å². The van der Waals surface area contributed by atoms with E-state index in [0.717, 1.165) is 47.6 Å². The second-order valence-electron chi connectivity index (χ2n) is 6.30. The van der Waals surface area contributed by atoms with Crippen molar-refractivity contribution in [3.05, 3.63) is 54.1 Å². The van der Waals surface area contributed by atoms with Crippen LogP contribution >= 0.6 is 11.3 Å². The van der Waals surface area contributed by atoms with Crippen LogP contribution in [0.3, 0.4) is 0 Å². The number of piperidine rings is 1. The predicted molar refractivity (Wildman–Crippen MR) is 99.2 cm³/mol. The Morgan fingerprint density at radius 1 is 1.00 bits per heavy atom. The van der Waals surface area contributed by atoms with Crippen LogP contribution in [0, 0.1) is 0 Å². The highest BCUT2D eigenvalue weighted by atomic mass is 32.1. The highest BCUT2D eigenvalue weighted by Gasteiger charge is 2.16. The van der Waals surface area contributed by atoms with Crippen LogP contribution in [0.25, 0.3) is 20.8 Å². The zero-order valence-electron chi connectivity index (χ0n) is 13.6. The normalized spacial score (nSPS) is 14.9. The van der Waals surface area contributed by atoms with Gasteiger partial charge in [0.2, 0.25) is 5.91 Å². The molecule has 3 nitrogen and oxygen atoms in total. The number of likely N-dealkylation sites (tertiary alicyclic amines) is 1. The average Bonchev–Trinajstić information content (AvgIpc) is 3.07. The molecule has 0 unspecified atom stereocenters. The van der Waals surface area contributed by atoms with Crippen LogP contribution in [-0.2, 0) is 11.2 Å². The summed E-state index contributed by atoms with van der Waals surface area (Å²) in [7, 11) is 0. The smallest absolute Gasteiger partial charge is 0.226 e. The van der Waals surface area contributed by atoms with Crippen LogP contribution in [-0.4, -0.2) is 28.9 Å². The van der Waals surface area contributed by atoms with E-state index < -0.39 is 0 Å². The number of aromatic nitrogens is 1. The lowest BCUT2D eigenvalue weighted by Crippen LogP contribution is -2.36. The van der Waals surface area contributed by atoms with Crippen molar-refractivity contribution in [2.45, 2.75) is 25.7 Å². The average molecular weight is 336 g/mol. The molecule has 0 N–H and O–H groups in total. The Bertz CT molecular complexity index is 814. The van der Waals surface area contributed by atoms with E-state index in [2.05, 4.69) is 30.3 Å². The van der Waals surface area contributed by atoms with Crippen LogP contribution in [0.1, 0.15) is 24.8 Å². The van der Waals surface area contributed by atoms with Crippen LogP contribution < -0.4 is 0 Å². The second kappa shape index (κ2) is 6.73. The monoisotopic (exact) mass is 336 g/mol. The summed E-state index contributed by atoms with van der Waals surface area (Å²) in [5.74, 6) is 0.252. The minimum Gasteiger partial charge on any atom is -0.342 e. The number of hydrogen-bond acceptors (Lipinski definition) is 3. The summed E-state index contributed by atoms with van der Waals surface area (Å²) in [5.41, 5.74) is 3.24. The van der Waals surface area contributed by atoms with E-state index in [4.69, 9.17) is 4.98 Å². The van der Waals surface area contributed by atoms with Gasteiger partial charge in [-0.3, -0.25) is 4.79 Å². The SMILES string of the molecule is O=C(Cc1ccc(-c2nc3ccccc3s2)cc1)N1CCCCC1. The van der Waals surface area contributed by atoms with Gasteiger partial charge in [-0.25, -0.2) is 4.98 Å². The summed E-state index contributed by atoms with van der Waals surface area (Å²) in [6, 6.07) is 16.5. The number of carbonyl (C=O) groups excluding carboxylic acids is 1. The third-order valence-corrected chi connectivity index (χ3v) is 5.64. The molecular weight excluding hydrogens is 316 g/mol. The molecule has 1 saturated heterocycles. The molecular formula is C20H20N2OS. The first-order chi connectivity index (χ1) is 11.8. The maximum absolute atomic E-state index is 12.4. The van der Waals surface area contributed by atoms with Gasteiger partial charge in [-0.2, -0.15) is 0 Å². The molecule has 122 valence electrons. The summed E-state index contributed by atoms with van der Waals surface area (Å²) < 4.78 is 1.21. The summed E-state index contributed by atoms with van der Waals surface area (Å²) >= 11 is 1.71. The maximum atomic E-state index is 12.4. The van der Waals surface area contributed by atoms with E-state index in [-0.39, 0.29) is 5.91 Å². The van der Waals surface area contributed by atoms with E-state index in [1.807, 2.05) is 23.1 Å². The fourth-order valence-corrected chi connectivity index (χ4v) is 4.16. The topological polar surface area (TPSA) is 33.2 Å². The van der Waals surface area contributed by atoms with Gasteiger partial charge in [-0.1, -0.05) is 36.4 Å². The van der Waals surface area contributed by atoms with E-state index in [9.17, 15) is 4.79 Å². The Hall–Kier alpha value is -2.20. The van der Waals surface area contributed by atoms with Crippen LogP contribution in [0.5, 0.6) is 0 Å². The molecule has 0 spiro atoms. The van der Waals surface area contributed by atoms with Gasteiger partial charge in [-0.15, -0.1) is 11.3 Å². The summed E-state index contributed by atoms with van der Waals surface area (Å²) in [6.07, 6.45) is 4.03. The van der Waals surface area contributed by atoms with Crippen molar-refractivity contribution in [2.24, 2.45) is 0 Å². The van der Waals surface area contributed by atoms with E-state index in [1.165, 1.54) is 11.1 Å². The fourth-order valence-electron chi connectivity index (χ4n) is 3.19. The molecule has 24 heavy (non-hydrogen) atoms. The van der Waals surface area contributed by atoms with Crippen LogP contribution in [0.15, 0.2) is 48.5 Å². The van der Waals surface area contributed by atoms with Crippen LogP contribution in [0.4, 0.5) is 0 Å². The largest absolute Gasteiger partial charge is 0.342 e. The van der Waals surface area contributed by atoms with Crippen molar-refractivity contribution in [1.82, 2.24) is 9.88 Å². The number of rotatable bonds is 3. The first-order valence-electron chi connectivity index (χ1n) is 8.52. The Morgan fingerprint density at radius 3 is 2.50 bits per heavy atom. The van der Waals surface area contributed by atoms with Crippen molar-refractivity contribution >= 4 is 27.5 Å². The van der Waals surface area contributed by atoms with Gasteiger partial charge < -0.3 is 4.90 Å². The Labute approximate surface area is 146 Å². The number of carbonyl (C=O) groups is 1. The molecule has 3 aromatic rings. The minimum absolute atomic E-state index is 0.252. The Kier molecular flexibility index (Phi) is 4.30. The molecule has 0 radical (unpaired) electrons. The third-order valence-electron chi connectivity index (χ3n) is 4.56. The van der Waals surface area contributed by atoms with Crippen molar-refractivity contribution in [3.63, 3.8) is 0 Å². The zero-order valence-corrected chi connectivity index (χ0v) is 14.4. The van der Waals surface area contributed by atoms with Crippen molar-refractivity contribution in [3.8, 4) is 10.6 Å². The Balaban J connectivity index is 1.48. The fraction of sp³-hybridized carbons (Fsp3) is 0.300. The number of hydrogen-bond donors (Lipinski definition) is 0. The number of nitrogens with zero attached hydrogens (tertiary/aromatic N) is 2. The number of amides is 1. The molecule has 0 atom stereocenters. The molecule has 1 aliphatic heterocycles. The highest BCUT2D eigenvalue weighted by molar-refractivity contribution is 7.21. The quantitative estimate of drug-likeness (QED) is 0.704. The lowest BCUT2D eigenvalue weighted by Gasteiger charge is -2.26. The van der Waals surface area contributed by atoms with Gasteiger partial charge in [0.1, 0.15) is 5.01 Å². The lowest BCUT2D eigenvalue weighted by molar-refractivity contribution is -0.131. The van der Waals surface area contributed by atoms with Gasteiger partial charge in [-0.05, 0) is 37.0 Å². The van der Waals surface area contributed by atoms with Crippen molar-refractivity contribution in [1.29, 1.82) is 0 Å².